The summed E-state index contributed by atoms with van der Waals surface area (Å²) in [7, 11) is 0. The van der Waals surface area contributed by atoms with Crippen LogP contribution in [0.15, 0.2) is 6.07 Å². The van der Waals surface area contributed by atoms with Crippen LogP contribution in [-0.4, -0.2) is 38.6 Å². The maximum Gasteiger partial charge on any atom is 0.367 e. The van der Waals surface area contributed by atoms with Gasteiger partial charge in [-0.3, -0.25) is 30.3 Å². The van der Waals surface area contributed by atoms with Gasteiger partial charge in [0.1, 0.15) is 6.07 Å². The van der Waals surface area contributed by atoms with Crippen LogP contribution in [0.5, 0.6) is 11.5 Å². The number of nitro groups is 3. The number of hydrogen-bond acceptors (Lipinski definition) is 8. The number of nitrogens with zero attached hydrogens (tertiary/aromatic N) is 3. The summed E-state index contributed by atoms with van der Waals surface area (Å²) in [5, 5.41) is 35.5. The summed E-state index contributed by atoms with van der Waals surface area (Å²) < 4.78 is 10.6. The van der Waals surface area contributed by atoms with E-state index in [4.69, 9.17) is 9.47 Å². The molecule has 0 N–H and O–H groups in total. The minimum absolute atomic E-state index is 0.0197. The van der Waals surface area contributed by atoms with E-state index in [2.05, 4.69) is 31.9 Å². The van der Waals surface area contributed by atoms with Gasteiger partial charge >= 0.3 is 17.1 Å². The zero-order valence-electron chi connectivity index (χ0n) is 14.1. The Hall–Kier alpha value is -2.02. The van der Waals surface area contributed by atoms with E-state index in [1.165, 1.54) is 0 Å². The minimum Gasteiger partial charge on any atom is -0.482 e. The van der Waals surface area contributed by atoms with Crippen LogP contribution in [0.3, 0.4) is 0 Å². The lowest BCUT2D eigenvalue weighted by Gasteiger charge is -2.11. The third kappa shape index (κ3) is 6.57. The van der Waals surface area contributed by atoms with Gasteiger partial charge in [-0.15, -0.1) is 0 Å². The lowest BCUT2D eigenvalue weighted by Crippen LogP contribution is -2.09. The fraction of sp³-hybridized carbons (Fsp3) is 0.571. The van der Waals surface area contributed by atoms with E-state index < -0.39 is 43.3 Å². The van der Waals surface area contributed by atoms with Crippen LogP contribution < -0.4 is 9.47 Å². The van der Waals surface area contributed by atoms with Crippen LogP contribution in [0.4, 0.5) is 17.1 Å². The van der Waals surface area contributed by atoms with E-state index in [1.54, 1.807) is 0 Å². The third-order valence-corrected chi connectivity index (χ3v) is 4.42. The molecule has 150 valence electrons. The molecule has 0 heterocycles. The Kier molecular flexibility index (Phi) is 9.93. The molecule has 1 aromatic carbocycles. The monoisotopic (exact) mass is 513 g/mol. The molecule has 0 saturated carbocycles. The molecule has 13 heteroatoms. The lowest BCUT2D eigenvalue weighted by molar-refractivity contribution is -0.405. The first kappa shape index (κ1) is 23.0. The predicted molar refractivity (Wildman–Crippen MR) is 103 cm³/mol. The molecule has 0 aliphatic carbocycles. The first-order valence-corrected chi connectivity index (χ1v) is 10.1. The van der Waals surface area contributed by atoms with Crippen molar-refractivity contribution in [2.24, 2.45) is 0 Å². The maximum absolute atomic E-state index is 11.6. The van der Waals surface area contributed by atoms with E-state index in [0.29, 0.717) is 42.4 Å². The van der Waals surface area contributed by atoms with Crippen LogP contribution in [0.25, 0.3) is 0 Å². The molecular formula is C14H17Br2N3O8. The second-order valence-electron chi connectivity index (χ2n) is 5.18. The number of alkyl halides is 2. The van der Waals surface area contributed by atoms with Crippen molar-refractivity contribution < 1.29 is 24.2 Å². The number of hydrogen-bond donors (Lipinski definition) is 0. The first-order valence-electron chi connectivity index (χ1n) is 7.86. The van der Waals surface area contributed by atoms with Gasteiger partial charge in [-0.25, -0.2) is 0 Å². The predicted octanol–water partition coefficient (Wildman–Crippen LogP) is 4.52. The number of benzene rings is 1. The normalized spacial score (nSPS) is 10.4. The molecule has 11 nitrogen and oxygen atoms in total. The number of ether oxygens (including phenoxy) is 2. The van der Waals surface area contributed by atoms with Gasteiger partial charge < -0.3 is 9.47 Å². The Morgan fingerprint density at radius 1 is 0.741 bits per heavy atom. The van der Waals surface area contributed by atoms with Gasteiger partial charge in [-0.05, 0) is 25.7 Å². The summed E-state index contributed by atoms with van der Waals surface area (Å²) in [5.74, 6) is -1.28. The van der Waals surface area contributed by atoms with Crippen molar-refractivity contribution in [3.05, 3.63) is 36.4 Å². The molecule has 0 radical (unpaired) electrons. The molecule has 0 aliphatic rings. The fourth-order valence-electron chi connectivity index (χ4n) is 2.07. The van der Waals surface area contributed by atoms with Crippen LogP contribution in [0, 0.1) is 30.3 Å². The topological polar surface area (TPSA) is 148 Å². The Bertz CT molecular complexity index is 653. The van der Waals surface area contributed by atoms with E-state index in [0.717, 1.165) is 0 Å². The zero-order valence-corrected chi connectivity index (χ0v) is 17.3. The second-order valence-corrected chi connectivity index (χ2v) is 6.77. The average Bonchev–Trinajstić information content (AvgIpc) is 2.61. The third-order valence-electron chi connectivity index (χ3n) is 3.29. The van der Waals surface area contributed by atoms with Gasteiger partial charge in [0.15, 0.2) is 0 Å². The summed E-state index contributed by atoms with van der Waals surface area (Å²) in [6, 6.07) is 0.632. The number of halogens is 2. The van der Waals surface area contributed by atoms with E-state index in [1.807, 2.05) is 0 Å². The highest BCUT2D eigenvalue weighted by molar-refractivity contribution is 9.09. The van der Waals surface area contributed by atoms with Gasteiger partial charge in [0.2, 0.25) is 0 Å². The van der Waals surface area contributed by atoms with Crippen molar-refractivity contribution in [2.75, 3.05) is 23.9 Å². The van der Waals surface area contributed by atoms with Crippen molar-refractivity contribution in [3.63, 3.8) is 0 Å². The molecule has 0 saturated heterocycles. The number of rotatable bonds is 13. The van der Waals surface area contributed by atoms with E-state index >= 15 is 0 Å². The van der Waals surface area contributed by atoms with Gasteiger partial charge in [-0.1, -0.05) is 31.9 Å². The molecule has 0 fully saturated rings. The minimum atomic E-state index is -0.959. The molecule has 0 spiro atoms. The summed E-state index contributed by atoms with van der Waals surface area (Å²) in [5.41, 5.74) is -2.60. The van der Waals surface area contributed by atoms with E-state index in [9.17, 15) is 30.3 Å². The Balaban J connectivity index is 3.44. The molecular weight excluding hydrogens is 498 g/mol. The van der Waals surface area contributed by atoms with Crippen molar-refractivity contribution in [3.8, 4) is 11.5 Å². The standard InChI is InChI=1S/C14H17Br2N3O8/c15-5-1-3-7-26-13-10(17(20)21)9-11(18(22)23)14(12(13)19(24)25)27-8-4-2-6-16/h9H,1-8H2. The average molecular weight is 515 g/mol. The Morgan fingerprint density at radius 3 is 1.44 bits per heavy atom. The van der Waals surface area contributed by atoms with Gasteiger partial charge in [0.25, 0.3) is 11.5 Å². The fourth-order valence-corrected chi connectivity index (χ4v) is 2.86. The summed E-state index contributed by atoms with van der Waals surface area (Å²) >= 11 is 6.44. The summed E-state index contributed by atoms with van der Waals surface area (Å²) in [4.78, 5) is 31.3. The zero-order chi connectivity index (χ0) is 20.4. The summed E-state index contributed by atoms with van der Waals surface area (Å²) in [6.45, 7) is -0.0394. The number of unbranched alkanes of at least 4 members (excludes halogenated alkanes) is 2. The number of nitro benzene ring substituents is 3. The molecule has 0 bridgehead atoms. The quantitative estimate of drug-likeness (QED) is 0.161. The first-order chi connectivity index (χ1) is 12.8. The van der Waals surface area contributed by atoms with E-state index in [-0.39, 0.29) is 13.2 Å². The highest BCUT2D eigenvalue weighted by Crippen LogP contribution is 2.49. The lowest BCUT2D eigenvalue weighted by atomic mass is 10.2. The molecule has 1 rings (SSSR count). The SMILES string of the molecule is O=[N+]([O-])c1cc([N+](=O)[O-])c(OCCCCBr)c([N+](=O)[O-])c1OCCCCBr. The molecule has 1 aromatic rings. The highest BCUT2D eigenvalue weighted by atomic mass is 79.9. The maximum atomic E-state index is 11.6. The highest BCUT2D eigenvalue weighted by Gasteiger charge is 2.39. The van der Waals surface area contributed by atoms with Crippen molar-refractivity contribution in [1.29, 1.82) is 0 Å². The summed E-state index contributed by atoms with van der Waals surface area (Å²) in [6.07, 6.45) is 2.34. The van der Waals surface area contributed by atoms with Crippen LogP contribution in [-0.2, 0) is 0 Å². The Morgan fingerprint density at radius 2 is 1.15 bits per heavy atom. The largest absolute Gasteiger partial charge is 0.482 e. The van der Waals surface area contributed by atoms with Crippen LogP contribution in [0.2, 0.25) is 0 Å². The molecule has 0 aromatic heterocycles. The van der Waals surface area contributed by atoms with Crippen molar-refractivity contribution in [2.45, 2.75) is 25.7 Å². The van der Waals surface area contributed by atoms with Crippen LogP contribution in [0.1, 0.15) is 25.7 Å². The smallest absolute Gasteiger partial charge is 0.367 e. The van der Waals surface area contributed by atoms with Gasteiger partial charge in [0, 0.05) is 10.7 Å². The molecule has 0 amide bonds. The van der Waals surface area contributed by atoms with Crippen LogP contribution >= 0.6 is 31.9 Å². The molecule has 0 unspecified atom stereocenters. The van der Waals surface area contributed by atoms with Gasteiger partial charge in [0.05, 0.1) is 28.0 Å². The molecule has 0 atom stereocenters. The van der Waals surface area contributed by atoms with Crippen molar-refractivity contribution in [1.82, 2.24) is 0 Å². The molecule has 0 aliphatic heterocycles. The van der Waals surface area contributed by atoms with Crippen molar-refractivity contribution >= 4 is 48.9 Å². The molecule has 27 heavy (non-hydrogen) atoms. The second kappa shape index (κ2) is 11.6. The Labute approximate surface area is 170 Å². The van der Waals surface area contributed by atoms with Gasteiger partial charge in [-0.2, -0.15) is 0 Å².